The molecule has 1 heterocycles. The minimum absolute atomic E-state index is 0. The summed E-state index contributed by atoms with van der Waals surface area (Å²) in [6.07, 6.45) is 5.19. The predicted molar refractivity (Wildman–Crippen MR) is 112 cm³/mol. The smallest absolute Gasteiger partial charge is 0.318 e. The number of likely N-dealkylation sites (tertiary alicyclic amines) is 1. The second-order valence-electron chi connectivity index (χ2n) is 6.83. The second-order valence-corrected chi connectivity index (χ2v) is 6.83. The highest BCUT2D eigenvalue weighted by atomic mass is 35.5. The molecule has 4 heteroatoms. The molecule has 1 saturated heterocycles. The number of nitrogens with zero attached hydrogens (tertiary/aromatic N) is 1. The number of halogens is 1. The molecule has 2 aromatic rings. The molecule has 0 saturated carbocycles. The van der Waals surface area contributed by atoms with Crippen LogP contribution in [-0.2, 0) is 9.53 Å². The first-order valence-corrected chi connectivity index (χ1v) is 9.43. The monoisotopic (exact) mass is 385 g/mol. The van der Waals surface area contributed by atoms with E-state index in [4.69, 9.17) is 4.74 Å². The number of piperidine rings is 1. The fourth-order valence-electron chi connectivity index (χ4n) is 3.53. The maximum atomic E-state index is 13.1. The zero-order chi connectivity index (χ0) is 18.2. The summed E-state index contributed by atoms with van der Waals surface area (Å²) in [5.41, 5.74) is 1.90. The van der Waals surface area contributed by atoms with Gasteiger partial charge in [-0.05, 0) is 37.1 Å². The maximum Gasteiger partial charge on any atom is 0.318 e. The van der Waals surface area contributed by atoms with Crippen LogP contribution in [-0.4, -0.2) is 36.6 Å². The minimum atomic E-state index is -0.416. The molecule has 1 aliphatic rings. The Morgan fingerprint density at radius 1 is 0.963 bits per heavy atom. The minimum Gasteiger partial charge on any atom is -0.456 e. The molecule has 0 bridgehead atoms. The quantitative estimate of drug-likeness (QED) is 0.505. The van der Waals surface area contributed by atoms with Gasteiger partial charge < -0.3 is 4.74 Å². The molecule has 0 aliphatic carbocycles. The van der Waals surface area contributed by atoms with E-state index in [9.17, 15) is 4.79 Å². The fraction of sp³-hybridized carbons (Fsp3) is 0.348. The first kappa shape index (κ1) is 21.2. The van der Waals surface area contributed by atoms with Gasteiger partial charge in [0.15, 0.2) is 0 Å². The highest BCUT2D eigenvalue weighted by Gasteiger charge is 2.27. The number of hydrogen-bond donors (Lipinski definition) is 0. The fourth-order valence-corrected chi connectivity index (χ4v) is 3.53. The SMILES string of the molecule is C=CC(CN1CCCCC1)OC(=O)C(c1ccccc1)c1ccccc1.Cl. The predicted octanol–water partition coefficient (Wildman–Crippen LogP) is 4.82. The van der Waals surface area contributed by atoms with Crippen LogP contribution in [0.3, 0.4) is 0 Å². The number of esters is 1. The van der Waals surface area contributed by atoms with Crippen LogP contribution in [0.5, 0.6) is 0 Å². The van der Waals surface area contributed by atoms with Crippen molar-refractivity contribution in [3.05, 3.63) is 84.4 Å². The van der Waals surface area contributed by atoms with Gasteiger partial charge in [0.05, 0.1) is 0 Å². The van der Waals surface area contributed by atoms with Gasteiger partial charge >= 0.3 is 5.97 Å². The summed E-state index contributed by atoms with van der Waals surface area (Å²) >= 11 is 0. The van der Waals surface area contributed by atoms with Crippen molar-refractivity contribution < 1.29 is 9.53 Å². The van der Waals surface area contributed by atoms with Crippen LogP contribution in [0.4, 0.5) is 0 Å². The number of carbonyl (C=O) groups is 1. The Labute approximate surface area is 168 Å². The lowest BCUT2D eigenvalue weighted by molar-refractivity contribution is -0.148. The average Bonchev–Trinajstić information content (AvgIpc) is 2.70. The highest BCUT2D eigenvalue weighted by Crippen LogP contribution is 2.26. The van der Waals surface area contributed by atoms with Crippen LogP contribution in [0.1, 0.15) is 36.3 Å². The Bertz CT molecular complexity index is 659. The van der Waals surface area contributed by atoms with Crippen molar-refractivity contribution in [3.63, 3.8) is 0 Å². The van der Waals surface area contributed by atoms with E-state index in [0.717, 1.165) is 30.8 Å². The lowest BCUT2D eigenvalue weighted by atomic mass is 9.91. The van der Waals surface area contributed by atoms with Crippen molar-refractivity contribution in [1.82, 2.24) is 4.90 Å². The Morgan fingerprint density at radius 3 is 1.96 bits per heavy atom. The zero-order valence-electron chi connectivity index (χ0n) is 15.6. The third-order valence-electron chi connectivity index (χ3n) is 4.92. The molecular formula is C23H28ClNO2. The standard InChI is InChI=1S/C23H27NO2.ClH/c1-2-21(18-24-16-10-5-11-17-24)26-23(25)22(19-12-6-3-7-13-19)20-14-8-4-9-15-20;/h2-4,6-9,12-15,21-22H,1,5,10-11,16-18H2;1H. The highest BCUT2D eigenvalue weighted by molar-refractivity contribution is 5.85. The van der Waals surface area contributed by atoms with E-state index in [0.29, 0.717) is 0 Å². The Kier molecular flexibility index (Phi) is 8.56. The molecule has 0 radical (unpaired) electrons. The molecule has 2 aromatic carbocycles. The molecule has 0 aromatic heterocycles. The van der Waals surface area contributed by atoms with Crippen LogP contribution >= 0.6 is 12.4 Å². The number of rotatable bonds is 7. The zero-order valence-corrected chi connectivity index (χ0v) is 16.4. The van der Waals surface area contributed by atoms with Gasteiger partial charge in [0.1, 0.15) is 12.0 Å². The van der Waals surface area contributed by atoms with Crippen LogP contribution in [0, 0.1) is 0 Å². The molecule has 1 aliphatic heterocycles. The maximum absolute atomic E-state index is 13.1. The summed E-state index contributed by atoms with van der Waals surface area (Å²) in [6.45, 7) is 6.75. The summed E-state index contributed by atoms with van der Waals surface area (Å²) in [5, 5.41) is 0. The number of carbonyl (C=O) groups excluding carboxylic acids is 1. The molecule has 0 amide bonds. The van der Waals surface area contributed by atoms with Gasteiger partial charge in [-0.2, -0.15) is 0 Å². The van der Waals surface area contributed by atoms with Gasteiger partial charge in [-0.15, -0.1) is 12.4 Å². The van der Waals surface area contributed by atoms with E-state index in [1.807, 2.05) is 60.7 Å². The number of benzene rings is 2. The van der Waals surface area contributed by atoms with E-state index in [1.54, 1.807) is 6.08 Å². The van der Waals surface area contributed by atoms with Crippen molar-refractivity contribution in [2.75, 3.05) is 19.6 Å². The normalized spacial score (nSPS) is 15.6. The summed E-state index contributed by atoms with van der Waals surface area (Å²) in [5.74, 6) is -0.634. The summed E-state index contributed by atoms with van der Waals surface area (Å²) in [7, 11) is 0. The largest absolute Gasteiger partial charge is 0.456 e. The van der Waals surface area contributed by atoms with E-state index >= 15 is 0 Å². The number of hydrogen-bond acceptors (Lipinski definition) is 3. The lowest BCUT2D eigenvalue weighted by Gasteiger charge is -2.29. The van der Waals surface area contributed by atoms with Gasteiger partial charge in [-0.1, -0.05) is 79.7 Å². The molecule has 1 fully saturated rings. The van der Waals surface area contributed by atoms with Gasteiger partial charge in [-0.3, -0.25) is 9.69 Å². The number of ether oxygens (including phenoxy) is 1. The molecule has 0 N–H and O–H groups in total. The summed E-state index contributed by atoms with van der Waals surface area (Å²) in [6, 6.07) is 19.7. The van der Waals surface area contributed by atoms with E-state index in [-0.39, 0.29) is 24.5 Å². The van der Waals surface area contributed by atoms with Gasteiger partial charge in [0.25, 0.3) is 0 Å². The molecule has 3 rings (SSSR count). The Morgan fingerprint density at radius 2 is 1.48 bits per heavy atom. The Balaban J connectivity index is 0.00000261. The van der Waals surface area contributed by atoms with Crippen LogP contribution in [0.25, 0.3) is 0 Å². The van der Waals surface area contributed by atoms with Crippen LogP contribution in [0.15, 0.2) is 73.3 Å². The van der Waals surface area contributed by atoms with Gasteiger partial charge in [0, 0.05) is 6.54 Å². The third kappa shape index (κ3) is 5.95. The summed E-state index contributed by atoms with van der Waals surface area (Å²) < 4.78 is 5.87. The third-order valence-corrected chi connectivity index (χ3v) is 4.92. The van der Waals surface area contributed by atoms with Crippen LogP contribution in [0.2, 0.25) is 0 Å². The van der Waals surface area contributed by atoms with E-state index < -0.39 is 5.92 Å². The summed E-state index contributed by atoms with van der Waals surface area (Å²) in [4.78, 5) is 15.4. The van der Waals surface area contributed by atoms with Crippen molar-refractivity contribution in [1.29, 1.82) is 0 Å². The molecule has 1 unspecified atom stereocenters. The first-order chi connectivity index (χ1) is 12.8. The molecule has 3 nitrogen and oxygen atoms in total. The Hall–Kier alpha value is -2.10. The van der Waals surface area contributed by atoms with Crippen molar-refractivity contribution in [3.8, 4) is 0 Å². The van der Waals surface area contributed by atoms with Crippen molar-refractivity contribution >= 4 is 18.4 Å². The van der Waals surface area contributed by atoms with Gasteiger partial charge in [0.2, 0.25) is 0 Å². The second kappa shape index (κ2) is 10.9. The lowest BCUT2D eigenvalue weighted by Crippen LogP contribution is -2.38. The molecule has 1 atom stereocenters. The molecule has 27 heavy (non-hydrogen) atoms. The van der Waals surface area contributed by atoms with Gasteiger partial charge in [-0.25, -0.2) is 0 Å². The van der Waals surface area contributed by atoms with E-state index in [1.165, 1.54) is 19.3 Å². The first-order valence-electron chi connectivity index (χ1n) is 9.43. The topological polar surface area (TPSA) is 29.5 Å². The van der Waals surface area contributed by atoms with Crippen LogP contribution < -0.4 is 0 Å². The van der Waals surface area contributed by atoms with Crippen molar-refractivity contribution in [2.24, 2.45) is 0 Å². The van der Waals surface area contributed by atoms with E-state index in [2.05, 4.69) is 11.5 Å². The molecular weight excluding hydrogens is 358 g/mol. The van der Waals surface area contributed by atoms with Crippen molar-refractivity contribution in [2.45, 2.75) is 31.3 Å². The average molecular weight is 386 g/mol. The molecule has 144 valence electrons. The molecule has 0 spiro atoms.